The molecular weight excluding hydrogens is 389 g/mol. The third kappa shape index (κ3) is 5.27. The number of fused-ring (bicyclic) bond motifs is 1. The van der Waals surface area contributed by atoms with E-state index >= 15 is 0 Å². The van der Waals surface area contributed by atoms with Crippen molar-refractivity contribution in [2.45, 2.75) is 37.8 Å². The number of hydrogen-bond acceptors (Lipinski definition) is 5. The maximum atomic E-state index is 12.6. The number of nitrogens with zero attached hydrogens (tertiary/aromatic N) is 4. The molecule has 1 aliphatic carbocycles. The number of carboxylic acids is 1. The molecule has 1 aliphatic heterocycles. The number of carbonyl (C=O) groups is 2. The minimum atomic E-state index is -5.08. The van der Waals surface area contributed by atoms with Crippen LogP contribution in [0.5, 0.6) is 0 Å². The van der Waals surface area contributed by atoms with E-state index in [9.17, 15) is 18.0 Å². The summed E-state index contributed by atoms with van der Waals surface area (Å²) in [6.07, 6.45) is 4.08. The van der Waals surface area contributed by atoms with Crippen molar-refractivity contribution in [2.24, 2.45) is 0 Å². The molecule has 0 atom stereocenters. The fourth-order valence-corrected chi connectivity index (χ4v) is 3.14. The average molecular weight is 408 g/mol. The van der Waals surface area contributed by atoms with Crippen molar-refractivity contribution in [1.29, 1.82) is 0 Å². The molecule has 2 aliphatic rings. The molecule has 1 fully saturated rings. The molecule has 0 unspecified atom stereocenters. The van der Waals surface area contributed by atoms with Gasteiger partial charge in [0.2, 0.25) is 0 Å². The lowest BCUT2D eigenvalue weighted by atomic mass is 10.0. The smallest absolute Gasteiger partial charge is 0.475 e. The zero-order valence-corrected chi connectivity index (χ0v) is 15.4. The van der Waals surface area contributed by atoms with Gasteiger partial charge in [-0.2, -0.15) is 13.2 Å². The van der Waals surface area contributed by atoms with E-state index in [-0.39, 0.29) is 5.91 Å². The molecule has 1 saturated carbocycles. The van der Waals surface area contributed by atoms with Gasteiger partial charge in [-0.3, -0.25) is 9.78 Å². The highest BCUT2D eigenvalue weighted by atomic mass is 19.4. The number of rotatable bonds is 2. The summed E-state index contributed by atoms with van der Waals surface area (Å²) in [4.78, 5) is 36.3. The lowest BCUT2D eigenvalue weighted by molar-refractivity contribution is -0.192. The van der Waals surface area contributed by atoms with Gasteiger partial charge in [-0.05, 0) is 37.0 Å². The van der Waals surface area contributed by atoms with E-state index in [1.165, 1.54) is 24.1 Å². The highest BCUT2D eigenvalue weighted by Gasteiger charge is 2.38. The Balaban J connectivity index is 0.000000298. The molecule has 0 radical (unpaired) electrons. The maximum absolute atomic E-state index is 12.6. The number of carboxylic acid groups (broad SMARTS) is 1. The van der Waals surface area contributed by atoms with Gasteiger partial charge in [-0.1, -0.05) is 0 Å². The Morgan fingerprint density at radius 2 is 1.69 bits per heavy atom. The second kappa shape index (κ2) is 8.54. The monoisotopic (exact) mass is 408 g/mol. The Kier molecular flexibility index (Phi) is 6.09. The molecule has 0 bridgehead atoms. The van der Waals surface area contributed by atoms with Crippen LogP contribution in [0.15, 0.2) is 30.9 Å². The SMILES string of the molecule is O=C(O)C(F)(F)F.O=C(c1ccncc1)N1CCc2ncnc(C3CC3)c2CC1. The van der Waals surface area contributed by atoms with E-state index in [2.05, 4.69) is 15.0 Å². The number of amides is 1. The highest BCUT2D eigenvalue weighted by Crippen LogP contribution is 2.41. The van der Waals surface area contributed by atoms with E-state index in [0.717, 1.165) is 31.6 Å². The molecule has 154 valence electrons. The number of aromatic nitrogens is 3. The van der Waals surface area contributed by atoms with Gasteiger partial charge in [-0.25, -0.2) is 14.8 Å². The second-order valence-corrected chi connectivity index (χ2v) is 6.79. The average Bonchev–Trinajstić information content (AvgIpc) is 3.54. The molecule has 3 heterocycles. The number of carbonyl (C=O) groups excluding carboxylic acids is 1. The summed E-state index contributed by atoms with van der Waals surface area (Å²) in [5.41, 5.74) is 4.34. The van der Waals surface area contributed by atoms with Crippen LogP contribution >= 0.6 is 0 Å². The van der Waals surface area contributed by atoms with Crippen LogP contribution in [0.25, 0.3) is 0 Å². The zero-order chi connectivity index (χ0) is 21.0. The molecule has 0 spiro atoms. The number of aliphatic carboxylic acids is 1. The van der Waals surface area contributed by atoms with Crippen LogP contribution in [0.3, 0.4) is 0 Å². The first kappa shape index (κ1) is 20.7. The Morgan fingerprint density at radius 3 is 2.28 bits per heavy atom. The second-order valence-electron chi connectivity index (χ2n) is 6.79. The summed E-state index contributed by atoms with van der Waals surface area (Å²) in [5, 5.41) is 7.12. The summed E-state index contributed by atoms with van der Waals surface area (Å²) < 4.78 is 31.7. The first-order chi connectivity index (χ1) is 13.8. The summed E-state index contributed by atoms with van der Waals surface area (Å²) in [7, 11) is 0. The van der Waals surface area contributed by atoms with Crippen LogP contribution in [0.4, 0.5) is 13.2 Å². The normalized spacial score (nSPS) is 16.2. The molecule has 1 amide bonds. The van der Waals surface area contributed by atoms with E-state index in [4.69, 9.17) is 9.90 Å². The van der Waals surface area contributed by atoms with Crippen molar-refractivity contribution < 1.29 is 27.9 Å². The van der Waals surface area contributed by atoms with Gasteiger partial charge in [0.15, 0.2) is 0 Å². The van der Waals surface area contributed by atoms with Crippen molar-refractivity contribution in [1.82, 2.24) is 19.9 Å². The summed E-state index contributed by atoms with van der Waals surface area (Å²) in [5.74, 6) is -2.05. The lowest BCUT2D eigenvalue weighted by Crippen LogP contribution is -2.33. The van der Waals surface area contributed by atoms with Crippen molar-refractivity contribution in [3.63, 3.8) is 0 Å². The minimum absolute atomic E-state index is 0.0798. The van der Waals surface area contributed by atoms with Crippen LogP contribution in [0, 0.1) is 0 Å². The molecule has 1 N–H and O–H groups in total. The largest absolute Gasteiger partial charge is 0.490 e. The van der Waals surface area contributed by atoms with Gasteiger partial charge < -0.3 is 10.0 Å². The molecule has 0 aromatic carbocycles. The van der Waals surface area contributed by atoms with Gasteiger partial charge in [-0.15, -0.1) is 0 Å². The first-order valence-electron chi connectivity index (χ1n) is 9.09. The highest BCUT2D eigenvalue weighted by molar-refractivity contribution is 5.94. The zero-order valence-electron chi connectivity index (χ0n) is 15.4. The van der Waals surface area contributed by atoms with Crippen LogP contribution in [0.1, 0.15) is 46.1 Å². The third-order valence-corrected chi connectivity index (χ3v) is 4.74. The van der Waals surface area contributed by atoms with Gasteiger partial charge in [0.1, 0.15) is 6.33 Å². The fourth-order valence-electron chi connectivity index (χ4n) is 3.14. The predicted octanol–water partition coefficient (Wildman–Crippen LogP) is 2.62. The summed E-state index contributed by atoms with van der Waals surface area (Å²) in [6, 6.07) is 3.55. The van der Waals surface area contributed by atoms with E-state index in [1.807, 2.05) is 4.90 Å². The van der Waals surface area contributed by atoms with E-state index in [1.54, 1.807) is 30.9 Å². The Labute approximate surface area is 164 Å². The molecule has 0 saturated heterocycles. The van der Waals surface area contributed by atoms with Gasteiger partial charge >= 0.3 is 12.1 Å². The maximum Gasteiger partial charge on any atom is 0.490 e. The number of pyridine rings is 1. The van der Waals surface area contributed by atoms with Gasteiger partial charge in [0, 0.05) is 49.1 Å². The van der Waals surface area contributed by atoms with E-state index < -0.39 is 12.1 Å². The van der Waals surface area contributed by atoms with Gasteiger partial charge in [0.25, 0.3) is 5.91 Å². The van der Waals surface area contributed by atoms with E-state index in [0.29, 0.717) is 11.5 Å². The topological polar surface area (TPSA) is 96.3 Å². The summed E-state index contributed by atoms with van der Waals surface area (Å²) in [6.45, 7) is 1.45. The summed E-state index contributed by atoms with van der Waals surface area (Å²) >= 11 is 0. The minimum Gasteiger partial charge on any atom is -0.475 e. The Hall–Kier alpha value is -3.04. The number of alkyl halides is 3. The molecule has 29 heavy (non-hydrogen) atoms. The predicted molar refractivity (Wildman–Crippen MR) is 95.2 cm³/mol. The van der Waals surface area contributed by atoms with Crippen LogP contribution in [-0.2, 0) is 17.6 Å². The molecule has 7 nitrogen and oxygen atoms in total. The molecule has 2 aromatic rings. The quantitative estimate of drug-likeness (QED) is 0.821. The van der Waals surface area contributed by atoms with Crippen LogP contribution in [0.2, 0.25) is 0 Å². The molecule has 4 rings (SSSR count). The number of hydrogen-bond donors (Lipinski definition) is 1. The molecular formula is C19H19F3N4O3. The Morgan fingerprint density at radius 1 is 1.07 bits per heavy atom. The third-order valence-electron chi connectivity index (χ3n) is 4.74. The lowest BCUT2D eigenvalue weighted by Gasteiger charge is -2.20. The fraction of sp³-hybridized carbons (Fsp3) is 0.421. The first-order valence-corrected chi connectivity index (χ1v) is 9.09. The van der Waals surface area contributed by atoms with Gasteiger partial charge in [0.05, 0.1) is 5.69 Å². The van der Waals surface area contributed by atoms with Crippen molar-refractivity contribution >= 4 is 11.9 Å². The van der Waals surface area contributed by atoms with Crippen molar-refractivity contribution in [2.75, 3.05) is 13.1 Å². The molecule has 2 aromatic heterocycles. The van der Waals surface area contributed by atoms with Crippen molar-refractivity contribution in [3.8, 4) is 0 Å². The number of halogens is 3. The van der Waals surface area contributed by atoms with Crippen LogP contribution in [-0.4, -0.2) is 56.1 Å². The van der Waals surface area contributed by atoms with Crippen molar-refractivity contribution in [3.05, 3.63) is 53.4 Å². The molecule has 10 heteroatoms. The Bertz CT molecular complexity index is 886. The van der Waals surface area contributed by atoms with Crippen LogP contribution < -0.4 is 0 Å². The standard InChI is InChI=1S/C17H18N4O.C2HF3O2/c22-17(13-3-7-18-8-4-13)21-9-5-14-15(6-10-21)19-11-20-16(14)12-1-2-12;3-2(4,5)1(6)7/h3-4,7-8,11-12H,1-2,5-6,9-10H2;(H,6,7).